The third-order valence-electron chi connectivity index (χ3n) is 4.72. The number of carbonyl (C=O) groups is 2. The minimum absolute atomic E-state index is 0.0975. The van der Waals surface area contributed by atoms with E-state index in [0.29, 0.717) is 19.3 Å². The van der Waals surface area contributed by atoms with E-state index in [4.69, 9.17) is 5.41 Å². The molecule has 1 rings (SSSR count). The lowest BCUT2D eigenvalue weighted by atomic mass is 9.75. The van der Waals surface area contributed by atoms with Crippen molar-refractivity contribution < 1.29 is 24.7 Å². The van der Waals surface area contributed by atoms with Crippen molar-refractivity contribution in [2.45, 2.75) is 57.9 Å². The second-order valence-electron chi connectivity index (χ2n) is 8.08. The molecule has 33 heavy (non-hydrogen) atoms. The first-order valence-electron chi connectivity index (χ1n) is 10.8. The average Bonchev–Trinajstić information content (AvgIpc) is 2.73. The van der Waals surface area contributed by atoms with Crippen LogP contribution in [0, 0.1) is 21.4 Å². The van der Waals surface area contributed by atoms with Crippen LogP contribution in [-0.2, 0) is 16.0 Å². The molecule has 0 saturated carbocycles. The summed E-state index contributed by atoms with van der Waals surface area (Å²) in [7, 11) is -1.75. The van der Waals surface area contributed by atoms with Gasteiger partial charge in [-0.1, -0.05) is 49.6 Å². The average molecular weight is 464 g/mol. The number of carbonyl (C=O) groups excluding carboxylic acids is 2. The number of nitrogens with one attached hydrogen (secondary N) is 5. The second kappa shape index (κ2) is 14.8. The molecule has 2 amide bonds. The molecule has 12 nitrogen and oxygen atoms in total. The normalized spacial score (nSPS) is 12.4. The highest BCUT2D eigenvalue weighted by atomic mass is 16.7. The van der Waals surface area contributed by atoms with Crippen LogP contribution in [-0.4, -0.2) is 58.5 Å². The Labute approximate surface area is 193 Å². The van der Waals surface area contributed by atoms with Crippen molar-refractivity contribution in [3.63, 3.8) is 0 Å². The fourth-order valence-electron chi connectivity index (χ4n) is 3.13. The molecule has 13 heteroatoms. The van der Waals surface area contributed by atoms with Gasteiger partial charge in [-0.15, -0.1) is 0 Å². The van der Waals surface area contributed by atoms with Gasteiger partial charge in [0.25, 0.3) is 5.96 Å². The highest BCUT2D eigenvalue weighted by Crippen LogP contribution is 2.08. The molecule has 7 N–H and O–H groups in total. The number of aryl methyl sites for hydroxylation is 1. The van der Waals surface area contributed by atoms with Crippen LogP contribution < -0.4 is 21.4 Å². The molecule has 0 spiro atoms. The van der Waals surface area contributed by atoms with Crippen molar-refractivity contribution in [3.05, 3.63) is 46.0 Å². The Balaban J connectivity index is 2.70. The number of hydrogen-bond acceptors (Lipinski definition) is 7. The molecule has 0 unspecified atom stereocenters. The van der Waals surface area contributed by atoms with Crippen LogP contribution in [0.15, 0.2) is 30.3 Å². The minimum atomic E-state index is -1.75. The quantitative estimate of drug-likeness (QED) is 0.0489. The van der Waals surface area contributed by atoms with Crippen LogP contribution >= 0.6 is 0 Å². The van der Waals surface area contributed by atoms with Crippen molar-refractivity contribution in [1.82, 2.24) is 21.4 Å². The molecule has 0 radical (unpaired) electrons. The smallest absolute Gasteiger partial charge is 0.426 e. The van der Waals surface area contributed by atoms with Crippen LogP contribution in [0.25, 0.3) is 0 Å². The molecule has 0 fully saturated rings. The summed E-state index contributed by atoms with van der Waals surface area (Å²) in [6.45, 7) is 3.91. The van der Waals surface area contributed by atoms with E-state index in [2.05, 4.69) is 16.0 Å². The van der Waals surface area contributed by atoms with Gasteiger partial charge in [-0.2, -0.15) is 0 Å². The SMILES string of the molecule is CC(C)C[C@H](NC(=O)[C@H](CCCNC(=N)N[N+](=O)[O-])NC(=O)CCc1ccccc1)B(O)O. The molecule has 1 aromatic rings. The van der Waals surface area contributed by atoms with E-state index in [1.807, 2.05) is 44.2 Å². The number of hydrazine groups is 1. The predicted octanol–water partition coefficient (Wildman–Crippen LogP) is -0.267. The summed E-state index contributed by atoms with van der Waals surface area (Å²) in [5.41, 5.74) is 2.65. The number of hydrogen-bond donors (Lipinski definition) is 7. The van der Waals surface area contributed by atoms with E-state index in [1.165, 1.54) is 0 Å². The van der Waals surface area contributed by atoms with Crippen molar-refractivity contribution in [2.24, 2.45) is 5.92 Å². The fraction of sp³-hybridized carbons (Fsp3) is 0.550. The summed E-state index contributed by atoms with van der Waals surface area (Å²) < 4.78 is 0. The van der Waals surface area contributed by atoms with E-state index in [-0.39, 0.29) is 31.2 Å². The fourth-order valence-corrected chi connectivity index (χ4v) is 3.13. The molecular formula is C20H33BN6O6. The zero-order valence-electron chi connectivity index (χ0n) is 18.9. The van der Waals surface area contributed by atoms with Gasteiger partial charge in [0.2, 0.25) is 11.8 Å². The first-order valence-corrected chi connectivity index (χ1v) is 10.8. The summed E-state index contributed by atoms with van der Waals surface area (Å²) in [6, 6.07) is 8.48. The Morgan fingerprint density at radius 3 is 2.42 bits per heavy atom. The van der Waals surface area contributed by atoms with Gasteiger partial charge in [-0.3, -0.25) is 15.0 Å². The van der Waals surface area contributed by atoms with Crippen LogP contribution in [0.5, 0.6) is 0 Å². The summed E-state index contributed by atoms with van der Waals surface area (Å²) in [6.07, 6.45) is 1.50. The van der Waals surface area contributed by atoms with E-state index < -0.39 is 36.0 Å². The molecule has 0 bridgehead atoms. The molecule has 0 aromatic heterocycles. The van der Waals surface area contributed by atoms with Crippen molar-refractivity contribution in [3.8, 4) is 0 Å². The Kier molecular flexibility index (Phi) is 12.5. The number of nitrogens with zero attached hydrogens (tertiary/aromatic N) is 1. The standard InChI is InChI=1S/C20H33BN6O6/c1-14(2)13-17(21(30)31)25-19(29)16(9-6-12-23-20(22)26-27(32)33)24-18(28)11-10-15-7-4-3-5-8-15/h3-5,7-8,14,16-17,30-31H,6,9-13H2,1-2H3,(H,24,28)(H,25,29)(H3,22,23,26)/t16-,17-/m0/s1. The van der Waals surface area contributed by atoms with Gasteiger partial charge in [-0.25, -0.2) is 10.1 Å². The van der Waals surface area contributed by atoms with Gasteiger partial charge in [0.15, 0.2) is 5.03 Å². The number of rotatable bonds is 14. The minimum Gasteiger partial charge on any atom is -0.426 e. The molecule has 0 aliphatic heterocycles. The van der Waals surface area contributed by atoms with Crippen LogP contribution in [0.1, 0.15) is 45.1 Å². The number of benzene rings is 1. The lowest BCUT2D eigenvalue weighted by molar-refractivity contribution is -0.525. The Hall–Kier alpha value is -3.19. The molecule has 0 heterocycles. The van der Waals surface area contributed by atoms with E-state index in [1.54, 1.807) is 5.43 Å². The Morgan fingerprint density at radius 1 is 1.18 bits per heavy atom. The van der Waals surface area contributed by atoms with Crippen molar-refractivity contribution in [2.75, 3.05) is 6.54 Å². The summed E-state index contributed by atoms with van der Waals surface area (Å²) in [4.78, 5) is 35.6. The Morgan fingerprint density at radius 2 is 1.85 bits per heavy atom. The lowest BCUT2D eigenvalue weighted by Crippen LogP contribution is -2.54. The highest BCUT2D eigenvalue weighted by molar-refractivity contribution is 6.43. The Bertz CT molecular complexity index is 780. The number of amides is 2. The summed E-state index contributed by atoms with van der Waals surface area (Å²) in [5, 5.41) is 43.8. The maximum absolute atomic E-state index is 12.8. The molecule has 0 saturated heterocycles. The van der Waals surface area contributed by atoms with Gasteiger partial charge in [-0.05, 0) is 37.2 Å². The van der Waals surface area contributed by atoms with Crippen molar-refractivity contribution in [1.29, 1.82) is 5.41 Å². The first kappa shape index (κ1) is 27.8. The van der Waals surface area contributed by atoms with Gasteiger partial charge in [0.1, 0.15) is 6.04 Å². The van der Waals surface area contributed by atoms with Crippen LogP contribution in [0.2, 0.25) is 0 Å². The monoisotopic (exact) mass is 464 g/mol. The number of nitro groups is 1. The lowest BCUT2D eigenvalue weighted by Gasteiger charge is -2.24. The maximum Gasteiger partial charge on any atom is 0.475 e. The molecule has 2 atom stereocenters. The van der Waals surface area contributed by atoms with E-state index in [0.717, 1.165) is 5.56 Å². The molecule has 1 aromatic carbocycles. The third-order valence-corrected chi connectivity index (χ3v) is 4.72. The summed E-state index contributed by atoms with van der Waals surface area (Å²) in [5.74, 6) is -2.18. The molecule has 182 valence electrons. The second-order valence-corrected chi connectivity index (χ2v) is 8.08. The van der Waals surface area contributed by atoms with E-state index >= 15 is 0 Å². The van der Waals surface area contributed by atoms with Crippen LogP contribution in [0.4, 0.5) is 0 Å². The number of guanidine groups is 1. The summed E-state index contributed by atoms with van der Waals surface area (Å²) >= 11 is 0. The van der Waals surface area contributed by atoms with E-state index in [9.17, 15) is 29.8 Å². The topological polar surface area (TPSA) is 190 Å². The van der Waals surface area contributed by atoms with Crippen LogP contribution in [0.3, 0.4) is 0 Å². The zero-order valence-corrected chi connectivity index (χ0v) is 18.9. The molecular weight excluding hydrogens is 431 g/mol. The first-order chi connectivity index (χ1) is 15.6. The predicted molar refractivity (Wildman–Crippen MR) is 123 cm³/mol. The van der Waals surface area contributed by atoms with Gasteiger partial charge in [0.05, 0.1) is 5.94 Å². The maximum atomic E-state index is 12.8. The van der Waals surface area contributed by atoms with Crippen molar-refractivity contribution >= 4 is 24.9 Å². The molecule has 0 aliphatic carbocycles. The zero-order chi connectivity index (χ0) is 24.8. The third kappa shape index (κ3) is 12.4. The molecule has 0 aliphatic rings. The van der Waals surface area contributed by atoms with Gasteiger partial charge in [0, 0.05) is 13.0 Å². The van der Waals surface area contributed by atoms with Gasteiger partial charge >= 0.3 is 7.12 Å². The largest absolute Gasteiger partial charge is 0.475 e. The van der Waals surface area contributed by atoms with Gasteiger partial charge < -0.3 is 26.0 Å². The highest BCUT2D eigenvalue weighted by Gasteiger charge is 2.29.